The smallest absolute Gasteiger partial charge is 0.319 e. The van der Waals surface area contributed by atoms with Crippen molar-refractivity contribution in [3.05, 3.63) is 24.3 Å². The maximum Gasteiger partial charge on any atom is 0.319 e. The summed E-state index contributed by atoms with van der Waals surface area (Å²) in [7, 11) is -1.92. The molecule has 21 heavy (non-hydrogen) atoms. The topological polar surface area (TPSA) is 84.5 Å². The van der Waals surface area contributed by atoms with Gasteiger partial charge in [0.25, 0.3) is 0 Å². The molecule has 0 fully saturated rings. The van der Waals surface area contributed by atoms with E-state index in [-0.39, 0.29) is 16.6 Å². The number of urea groups is 1. The number of methoxy groups -OCH3 is 1. The lowest BCUT2D eigenvalue weighted by molar-refractivity contribution is 0.173. The molecule has 0 aliphatic rings. The van der Waals surface area contributed by atoms with Crippen LogP contribution in [-0.4, -0.2) is 39.5 Å². The summed E-state index contributed by atoms with van der Waals surface area (Å²) in [5, 5.41) is 4.68. The molecule has 0 aromatic heterocycles. The van der Waals surface area contributed by atoms with Crippen LogP contribution in [0.4, 0.5) is 10.5 Å². The summed E-state index contributed by atoms with van der Waals surface area (Å²) in [6.45, 7) is 5.37. The number of carbonyl (C=O) groups excluding carboxylic acids is 1. The Kier molecular flexibility index (Phi) is 6.17. The number of amides is 2. The average molecular weight is 314 g/mol. The van der Waals surface area contributed by atoms with Gasteiger partial charge in [-0.25, -0.2) is 13.2 Å². The third-order valence-corrected chi connectivity index (χ3v) is 5.07. The van der Waals surface area contributed by atoms with Crippen LogP contribution in [0.3, 0.4) is 0 Å². The van der Waals surface area contributed by atoms with Crippen LogP contribution in [0.2, 0.25) is 0 Å². The van der Waals surface area contributed by atoms with Crippen molar-refractivity contribution in [1.29, 1.82) is 0 Å². The predicted octanol–water partition coefficient (Wildman–Crippen LogP) is 2.03. The van der Waals surface area contributed by atoms with Crippen LogP contribution < -0.4 is 10.6 Å². The first-order valence-corrected chi connectivity index (χ1v) is 8.23. The number of para-hydroxylation sites is 1. The second kappa shape index (κ2) is 7.42. The number of hydrogen-bond donors (Lipinski definition) is 2. The number of nitrogens with one attached hydrogen (secondary N) is 2. The summed E-state index contributed by atoms with van der Waals surface area (Å²) >= 11 is 0. The van der Waals surface area contributed by atoms with E-state index in [9.17, 15) is 13.2 Å². The van der Waals surface area contributed by atoms with Crippen molar-refractivity contribution in [3.8, 4) is 0 Å². The molecule has 0 saturated heterocycles. The fourth-order valence-corrected chi connectivity index (χ4v) is 2.95. The minimum absolute atomic E-state index is 0.120. The van der Waals surface area contributed by atoms with Crippen LogP contribution in [-0.2, 0) is 14.6 Å². The standard InChI is InChI=1S/C14H22N2O4S/c1-10(2)21(18,19)13-8-6-5-7-12(13)16-14(17)15-11(3)9-20-4/h5-8,10-11H,9H2,1-4H3,(H2,15,16,17). The maximum absolute atomic E-state index is 12.3. The third-order valence-electron chi connectivity index (χ3n) is 2.86. The Balaban J connectivity index is 2.93. The van der Waals surface area contributed by atoms with Gasteiger partial charge in [-0.3, -0.25) is 0 Å². The highest BCUT2D eigenvalue weighted by Gasteiger charge is 2.23. The highest BCUT2D eigenvalue weighted by molar-refractivity contribution is 7.92. The van der Waals surface area contributed by atoms with Crippen LogP contribution in [0, 0.1) is 0 Å². The Morgan fingerprint density at radius 2 is 1.86 bits per heavy atom. The van der Waals surface area contributed by atoms with E-state index in [2.05, 4.69) is 10.6 Å². The molecule has 0 aliphatic carbocycles. The molecule has 0 bridgehead atoms. The normalized spacial score (nSPS) is 13.0. The average Bonchev–Trinajstić information content (AvgIpc) is 2.38. The number of carbonyl (C=O) groups is 1. The first kappa shape index (κ1) is 17.5. The molecule has 118 valence electrons. The quantitative estimate of drug-likeness (QED) is 0.841. The Morgan fingerprint density at radius 3 is 2.43 bits per heavy atom. The zero-order chi connectivity index (χ0) is 16.0. The summed E-state index contributed by atoms with van der Waals surface area (Å²) in [6, 6.07) is 5.72. The van der Waals surface area contributed by atoms with Crippen LogP contribution in [0.5, 0.6) is 0 Å². The number of hydrogen-bond acceptors (Lipinski definition) is 4. The lowest BCUT2D eigenvalue weighted by Crippen LogP contribution is -2.38. The Morgan fingerprint density at radius 1 is 1.24 bits per heavy atom. The van der Waals surface area contributed by atoms with Crippen molar-refractivity contribution in [2.45, 2.75) is 37.0 Å². The van der Waals surface area contributed by atoms with Gasteiger partial charge in [0.1, 0.15) is 0 Å². The van der Waals surface area contributed by atoms with E-state index in [0.29, 0.717) is 6.61 Å². The summed E-state index contributed by atoms with van der Waals surface area (Å²) in [5.41, 5.74) is 0.272. The highest BCUT2D eigenvalue weighted by atomic mass is 32.2. The Hall–Kier alpha value is -1.60. The lowest BCUT2D eigenvalue weighted by Gasteiger charge is -2.16. The number of ether oxygens (including phenoxy) is 1. The van der Waals surface area contributed by atoms with Gasteiger partial charge in [-0.05, 0) is 32.9 Å². The van der Waals surface area contributed by atoms with Gasteiger partial charge < -0.3 is 15.4 Å². The van der Waals surface area contributed by atoms with Crippen molar-refractivity contribution >= 4 is 21.6 Å². The molecule has 2 N–H and O–H groups in total. The number of benzene rings is 1. The summed E-state index contributed by atoms with van der Waals surface area (Å²) < 4.78 is 29.5. The molecular formula is C14H22N2O4S. The van der Waals surface area contributed by atoms with E-state index in [4.69, 9.17) is 4.74 Å². The molecule has 1 rings (SSSR count). The van der Waals surface area contributed by atoms with Gasteiger partial charge in [0, 0.05) is 7.11 Å². The van der Waals surface area contributed by atoms with E-state index in [1.165, 1.54) is 6.07 Å². The zero-order valence-electron chi connectivity index (χ0n) is 12.7. The fraction of sp³-hybridized carbons (Fsp3) is 0.500. The second-order valence-corrected chi connectivity index (χ2v) is 7.52. The lowest BCUT2D eigenvalue weighted by atomic mass is 10.3. The van der Waals surface area contributed by atoms with Gasteiger partial charge in [0.15, 0.2) is 9.84 Å². The fourth-order valence-electron chi connectivity index (χ4n) is 1.75. The number of anilines is 1. The van der Waals surface area contributed by atoms with Crippen LogP contribution in [0.25, 0.3) is 0 Å². The molecule has 1 atom stereocenters. The van der Waals surface area contributed by atoms with Gasteiger partial charge in [-0.1, -0.05) is 12.1 Å². The molecule has 1 aromatic carbocycles. The molecule has 1 aromatic rings. The molecule has 0 spiro atoms. The molecule has 2 amide bonds. The van der Waals surface area contributed by atoms with Crippen molar-refractivity contribution in [1.82, 2.24) is 5.32 Å². The van der Waals surface area contributed by atoms with Crippen molar-refractivity contribution in [2.24, 2.45) is 0 Å². The first-order valence-electron chi connectivity index (χ1n) is 6.68. The monoisotopic (exact) mass is 314 g/mol. The van der Waals surface area contributed by atoms with Crippen LogP contribution in [0.1, 0.15) is 20.8 Å². The van der Waals surface area contributed by atoms with E-state index >= 15 is 0 Å². The van der Waals surface area contributed by atoms with E-state index in [1.54, 1.807) is 46.1 Å². The molecule has 0 saturated carbocycles. The predicted molar refractivity (Wildman–Crippen MR) is 82.3 cm³/mol. The Labute approximate surface area is 125 Å². The first-order chi connectivity index (χ1) is 9.78. The van der Waals surface area contributed by atoms with Crippen LogP contribution >= 0.6 is 0 Å². The third kappa shape index (κ3) is 4.71. The molecule has 0 radical (unpaired) electrons. The molecule has 7 heteroatoms. The van der Waals surface area contributed by atoms with Crippen molar-refractivity contribution < 1.29 is 17.9 Å². The highest BCUT2D eigenvalue weighted by Crippen LogP contribution is 2.24. The summed E-state index contributed by atoms with van der Waals surface area (Å²) in [4.78, 5) is 12.0. The minimum Gasteiger partial charge on any atom is -0.383 e. The molecule has 0 aliphatic heterocycles. The summed E-state index contributed by atoms with van der Waals surface area (Å²) in [6.07, 6.45) is 0. The maximum atomic E-state index is 12.3. The summed E-state index contributed by atoms with van der Waals surface area (Å²) in [5.74, 6) is 0. The largest absolute Gasteiger partial charge is 0.383 e. The van der Waals surface area contributed by atoms with Gasteiger partial charge in [-0.2, -0.15) is 0 Å². The second-order valence-electron chi connectivity index (χ2n) is 5.04. The van der Waals surface area contributed by atoms with Gasteiger partial charge in [0.2, 0.25) is 0 Å². The molecule has 6 nitrogen and oxygen atoms in total. The number of sulfone groups is 1. The molecular weight excluding hydrogens is 292 g/mol. The van der Waals surface area contributed by atoms with Crippen molar-refractivity contribution in [3.63, 3.8) is 0 Å². The van der Waals surface area contributed by atoms with E-state index in [0.717, 1.165) is 0 Å². The van der Waals surface area contributed by atoms with E-state index in [1.807, 2.05) is 0 Å². The Bertz CT molecular complexity index is 584. The van der Waals surface area contributed by atoms with E-state index < -0.39 is 21.1 Å². The minimum atomic E-state index is -3.46. The van der Waals surface area contributed by atoms with Gasteiger partial charge in [0.05, 0.1) is 28.5 Å². The molecule has 0 heterocycles. The SMILES string of the molecule is COCC(C)NC(=O)Nc1ccccc1S(=O)(=O)C(C)C. The zero-order valence-corrected chi connectivity index (χ0v) is 13.5. The number of rotatable bonds is 6. The van der Waals surface area contributed by atoms with Gasteiger partial charge >= 0.3 is 6.03 Å². The van der Waals surface area contributed by atoms with Crippen LogP contribution in [0.15, 0.2) is 29.2 Å². The van der Waals surface area contributed by atoms with Crippen molar-refractivity contribution in [2.75, 3.05) is 19.0 Å². The van der Waals surface area contributed by atoms with Gasteiger partial charge in [-0.15, -0.1) is 0 Å². The molecule has 1 unspecified atom stereocenters.